The number of nitrogens with one attached hydrogen (secondary N) is 1. The summed E-state index contributed by atoms with van der Waals surface area (Å²) < 4.78 is 20.9. The molecule has 0 aliphatic rings. The van der Waals surface area contributed by atoms with Crippen LogP contribution in [0.3, 0.4) is 0 Å². The number of aromatic nitrogens is 3. The minimum Gasteiger partial charge on any atom is -0.462 e. The molecule has 6 nitrogen and oxygen atoms in total. The van der Waals surface area contributed by atoms with Crippen LogP contribution in [0.1, 0.15) is 22.8 Å². The van der Waals surface area contributed by atoms with E-state index >= 15 is 0 Å². The van der Waals surface area contributed by atoms with Crippen LogP contribution in [-0.4, -0.2) is 27.1 Å². The minimum absolute atomic E-state index is 0.286. The number of benzene rings is 1. The lowest BCUT2D eigenvalue weighted by Gasteiger charge is -2.11. The van der Waals surface area contributed by atoms with Gasteiger partial charge in [-0.3, -0.25) is 0 Å². The molecule has 0 saturated carbocycles. The van der Waals surface area contributed by atoms with E-state index in [0.29, 0.717) is 23.6 Å². The van der Waals surface area contributed by atoms with E-state index in [9.17, 15) is 9.18 Å². The topological polar surface area (TPSA) is 69.0 Å². The van der Waals surface area contributed by atoms with Gasteiger partial charge in [-0.05, 0) is 36.8 Å². The molecule has 0 aliphatic carbocycles. The number of esters is 1. The molecule has 7 heteroatoms. The third-order valence-corrected chi connectivity index (χ3v) is 3.56. The highest BCUT2D eigenvalue weighted by Crippen LogP contribution is 2.18. The molecule has 0 saturated heterocycles. The maximum Gasteiger partial charge on any atom is 0.341 e. The number of halogens is 1. The fraction of sp³-hybridized carbons (Fsp3) is 0.167. The monoisotopic (exact) mass is 340 g/mol. The number of carbonyl (C=O) groups is 1. The first kappa shape index (κ1) is 16.6. The second-order valence-corrected chi connectivity index (χ2v) is 5.23. The summed E-state index contributed by atoms with van der Waals surface area (Å²) in [7, 11) is 0. The van der Waals surface area contributed by atoms with Crippen LogP contribution in [0.25, 0.3) is 5.69 Å². The van der Waals surface area contributed by atoms with Crippen LogP contribution < -0.4 is 5.32 Å². The number of nitrogens with zero attached hydrogens (tertiary/aromatic N) is 3. The number of pyridine rings is 1. The molecule has 0 bridgehead atoms. The molecule has 1 aromatic carbocycles. The summed E-state index contributed by atoms with van der Waals surface area (Å²) in [5, 5.41) is 3.05. The zero-order valence-electron chi connectivity index (χ0n) is 13.6. The SMILES string of the molecule is CCOC(=O)c1cccnc1NCc1ccc(-n2ccnc2)c(F)c1. The summed E-state index contributed by atoms with van der Waals surface area (Å²) in [4.78, 5) is 20.0. The summed E-state index contributed by atoms with van der Waals surface area (Å²) >= 11 is 0. The van der Waals surface area contributed by atoms with Gasteiger partial charge in [0.2, 0.25) is 0 Å². The predicted octanol–water partition coefficient (Wildman–Crippen LogP) is 3.20. The van der Waals surface area contributed by atoms with E-state index in [1.807, 2.05) is 0 Å². The van der Waals surface area contributed by atoms with E-state index in [0.717, 1.165) is 5.56 Å². The summed E-state index contributed by atoms with van der Waals surface area (Å²) in [5.41, 5.74) is 1.49. The van der Waals surface area contributed by atoms with Crippen molar-refractivity contribution in [2.75, 3.05) is 11.9 Å². The molecular weight excluding hydrogens is 323 g/mol. The third-order valence-electron chi connectivity index (χ3n) is 3.56. The second-order valence-electron chi connectivity index (χ2n) is 5.23. The highest BCUT2D eigenvalue weighted by Gasteiger charge is 2.13. The first-order chi connectivity index (χ1) is 12.2. The third kappa shape index (κ3) is 3.82. The maximum absolute atomic E-state index is 14.3. The van der Waals surface area contributed by atoms with Gasteiger partial charge in [-0.2, -0.15) is 0 Å². The Morgan fingerprint density at radius 2 is 2.20 bits per heavy atom. The van der Waals surface area contributed by atoms with Crippen LogP contribution in [-0.2, 0) is 11.3 Å². The fourth-order valence-corrected chi connectivity index (χ4v) is 2.38. The van der Waals surface area contributed by atoms with Crippen molar-refractivity contribution in [1.82, 2.24) is 14.5 Å². The van der Waals surface area contributed by atoms with Gasteiger partial charge in [-0.15, -0.1) is 0 Å². The molecule has 0 amide bonds. The van der Waals surface area contributed by atoms with Crippen molar-refractivity contribution in [1.29, 1.82) is 0 Å². The summed E-state index contributed by atoms with van der Waals surface area (Å²) in [6, 6.07) is 8.22. The number of hydrogen-bond donors (Lipinski definition) is 1. The molecular formula is C18H17FN4O2. The summed E-state index contributed by atoms with van der Waals surface area (Å²) in [6.07, 6.45) is 6.38. The largest absolute Gasteiger partial charge is 0.462 e. The van der Waals surface area contributed by atoms with Gasteiger partial charge in [0.25, 0.3) is 0 Å². The molecule has 0 fully saturated rings. The number of ether oxygens (including phenoxy) is 1. The van der Waals surface area contributed by atoms with Crippen molar-refractivity contribution in [2.24, 2.45) is 0 Å². The van der Waals surface area contributed by atoms with Crippen LogP contribution >= 0.6 is 0 Å². The van der Waals surface area contributed by atoms with Gasteiger partial charge in [0.05, 0.1) is 18.6 Å². The zero-order chi connectivity index (χ0) is 17.6. The van der Waals surface area contributed by atoms with Crippen LogP contribution in [0.5, 0.6) is 0 Å². The Morgan fingerprint density at radius 3 is 2.92 bits per heavy atom. The second kappa shape index (κ2) is 7.57. The summed E-state index contributed by atoms with van der Waals surface area (Å²) in [6.45, 7) is 2.35. The van der Waals surface area contributed by atoms with Gasteiger partial charge >= 0.3 is 5.97 Å². The van der Waals surface area contributed by atoms with E-state index < -0.39 is 5.97 Å². The number of imidazole rings is 1. The van der Waals surface area contributed by atoms with Crippen LogP contribution in [0, 0.1) is 5.82 Å². The molecule has 25 heavy (non-hydrogen) atoms. The molecule has 2 aromatic heterocycles. The molecule has 0 aliphatic heterocycles. The normalized spacial score (nSPS) is 10.5. The number of rotatable bonds is 6. The van der Waals surface area contributed by atoms with Gasteiger partial charge in [0, 0.05) is 25.1 Å². The van der Waals surface area contributed by atoms with Gasteiger partial charge in [-0.1, -0.05) is 6.07 Å². The average molecular weight is 340 g/mol. The molecule has 0 atom stereocenters. The van der Waals surface area contributed by atoms with Crippen molar-refractivity contribution in [2.45, 2.75) is 13.5 Å². The average Bonchev–Trinajstić information content (AvgIpc) is 3.15. The van der Waals surface area contributed by atoms with E-state index in [-0.39, 0.29) is 12.4 Å². The van der Waals surface area contributed by atoms with E-state index in [1.54, 1.807) is 54.3 Å². The fourth-order valence-electron chi connectivity index (χ4n) is 2.38. The molecule has 0 spiro atoms. The first-order valence-electron chi connectivity index (χ1n) is 7.82. The van der Waals surface area contributed by atoms with Crippen molar-refractivity contribution >= 4 is 11.8 Å². The van der Waals surface area contributed by atoms with E-state index in [2.05, 4.69) is 15.3 Å². The van der Waals surface area contributed by atoms with Gasteiger partial charge in [0.15, 0.2) is 0 Å². The Bertz CT molecular complexity index is 865. The van der Waals surface area contributed by atoms with Crippen LogP contribution in [0.4, 0.5) is 10.2 Å². The Hall–Kier alpha value is -3.22. The highest BCUT2D eigenvalue weighted by atomic mass is 19.1. The Kier molecular flexibility index (Phi) is 5.03. The lowest BCUT2D eigenvalue weighted by atomic mass is 10.2. The molecule has 1 N–H and O–H groups in total. The van der Waals surface area contributed by atoms with E-state index in [4.69, 9.17) is 4.74 Å². The highest BCUT2D eigenvalue weighted by molar-refractivity contribution is 5.94. The first-order valence-corrected chi connectivity index (χ1v) is 7.82. The Balaban J connectivity index is 1.74. The molecule has 3 rings (SSSR count). The Morgan fingerprint density at radius 1 is 1.32 bits per heavy atom. The molecule has 3 aromatic rings. The van der Waals surface area contributed by atoms with Crippen molar-refractivity contribution < 1.29 is 13.9 Å². The van der Waals surface area contributed by atoms with Crippen LogP contribution in [0.2, 0.25) is 0 Å². The van der Waals surface area contributed by atoms with Crippen molar-refractivity contribution in [3.63, 3.8) is 0 Å². The van der Waals surface area contributed by atoms with Gasteiger partial charge < -0.3 is 14.6 Å². The molecule has 128 valence electrons. The molecule has 2 heterocycles. The number of carbonyl (C=O) groups excluding carboxylic acids is 1. The van der Waals surface area contributed by atoms with Gasteiger partial charge in [-0.25, -0.2) is 19.2 Å². The quantitative estimate of drug-likeness (QED) is 0.698. The van der Waals surface area contributed by atoms with E-state index in [1.165, 1.54) is 12.4 Å². The lowest BCUT2D eigenvalue weighted by molar-refractivity contribution is 0.0527. The van der Waals surface area contributed by atoms with Crippen LogP contribution in [0.15, 0.2) is 55.2 Å². The number of hydrogen-bond acceptors (Lipinski definition) is 5. The maximum atomic E-state index is 14.3. The van der Waals surface area contributed by atoms with Crippen molar-refractivity contribution in [3.8, 4) is 5.69 Å². The zero-order valence-corrected chi connectivity index (χ0v) is 13.6. The molecule has 0 unspecified atom stereocenters. The smallest absolute Gasteiger partial charge is 0.341 e. The van der Waals surface area contributed by atoms with Gasteiger partial charge in [0.1, 0.15) is 17.2 Å². The van der Waals surface area contributed by atoms with Crippen molar-refractivity contribution in [3.05, 3.63) is 72.2 Å². The Labute approximate surface area is 144 Å². The standard InChI is InChI=1S/C18H17FN4O2/c1-2-25-18(24)14-4-3-7-21-17(14)22-11-13-5-6-16(15(19)10-13)23-9-8-20-12-23/h3-10,12H,2,11H2,1H3,(H,21,22). The molecule has 0 radical (unpaired) electrons. The number of anilines is 1. The summed E-state index contributed by atoms with van der Waals surface area (Å²) in [5.74, 6) is -0.399. The minimum atomic E-state index is -0.445. The predicted molar refractivity (Wildman–Crippen MR) is 91.0 cm³/mol. The lowest BCUT2D eigenvalue weighted by Crippen LogP contribution is -2.11.